The maximum absolute atomic E-state index is 9.98. The molecule has 9 heavy (non-hydrogen) atoms. The third kappa shape index (κ3) is 7.35. The second-order valence-electron chi connectivity index (χ2n) is 1.58. The lowest BCUT2D eigenvalue weighted by Gasteiger charge is -2.01. The molecule has 0 atom stereocenters. The molecule has 5 N–H and O–H groups in total. The van der Waals surface area contributed by atoms with Crippen LogP contribution in [0.2, 0.25) is 0 Å². The van der Waals surface area contributed by atoms with Gasteiger partial charge in [-0.2, -0.15) is 0 Å². The summed E-state index contributed by atoms with van der Waals surface area (Å²) in [4.78, 5) is 9.98. The molecule has 0 saturated heterocycles. The van der Waals surface area contributed by atoms with Crippen molar-refractivity contribution >= 4 is 5.91 Å². The van der Waals surface area contributed by atoms with Crippen molar-refractivity contribution in [1.29, 1.82) is 0 Å². The Bertz CT molecular complexity index is 93.8. The molecule has 0 aromatic heterocycles. The van der Waals surface area contributed by atoms with Gasteiger partial charge in [0.25, 0.3) is 0 Å². The second-order valence-corrected chi connectivity index (χ2v) is 1.58. The monoisotopic (exact) mass is 134 g/mol. The van der Waals surface area contributed by atoms with Crippen LogP contribution in [0.5, 0.6) is 0 Å². The molecule has 5 nitrogen and oxygen atoms in total. The van der Waals surface area contributed by atoms with Gasteiger partial charge < -0.3 is 21.3 Å². The minimum Gasteiger partial charge on any atom is -0.369 e. The van der Waals surface area contributed by atoms with Crippen molar-refractivity contribution in [3.05, 3.63) is 0 Å². The van der Waals surface area contributed by atoms with Gasteiger partial charge in [0.15, 0.2) is 6.29 Å². The molecule has 0 aromatic rings. The molecule has 0 aromatic carbocycles. The lowest BCUT2D eigenvalue weighted by atomic mass is 10.5. The Morgan fingerprint density at radius 1 is 1.67 bits per heavy atom. The summed E-state index contributed by atoms with van der Waals surface area (Å²) in [6, 6.07) is 0. The molecule has 0 saturated carbocycles. The number of hydrogen-bond acceptors (Lipinski definition) is 4. The normalized spacial score (nSPS) is 10.1. The van der Waals surface area contributed by atoms with Crippen LogP contribution < -0.4 is 11.1 Å². The number of aliphatic hydroxyl groups excluding tert-OH is 1. The molecule has 0 rings (SSSR count). The van der Waals surface area contributed by atoms with Crippen LogP contribution in [0.1, 0.15) is 0 Å². The molecule has 0 aliphatic rings. The van der Waals surface area contributed by atoms with E-state index in [1.54, 1.807) is 0 Å². The Kier molecular flexibility index (Phi) is 3.94. The quantitative estimate of drug-likeness (QED) is 0.316. The summed E-state index contributed by atoms with van der Waals surface area (Å²) in [7, 11) is 0. The van der Waals surface area contributed by atoms with E-state index in [2.05, 4.69) is 5.32 Å². The van der Waals surface area contributed by atoms with Crippen LogP contribution in [-0.4, -0.2) is 35.5 Å². The summed E-state index contributed by atoms with van der Waals surface area (Å²) in [5.41, 5.74) is 4.71. The molecule has 0 radical (unpaired) electrons. The molecule has 0 aliphatic carbocycles. The molecule has 0 unspecified atom stereocenters. The first-order valence-electron chi connectivity index (χ1n) is 2.48. The third-order valence-electron chi connectivity index (χ3n) is 0.626. The lowest BCUT2D eigenvalue weighted by molar-refractivity contribution is -0.117. The number of primary amides is 1. The molecule has 54 valence electrons. The Labute approximate surface area is 52.5 Å². The average Bonchev–Trinajstić information content (AvgIpc) is 1.63. The van der Waals surface area contributed by atoms with E-state index >= 15 is 0 Å². The van der Waals surface area contributed by atoms with Gasteiger partial charge in [-0.25, -0.2) is 0 Å². The van der Waals surface area contributed by atoms with Crippen molar-refractivity contribution in [1.82, 2.24) is 5.32 Å². The van der Waals surface area contributed by atoms with Crippen LogP contribution >= 0.6 is 0 Å². The third-order valence-corrected chi connectivity index (χ3v) is 0.626. The van der Waals surface area contributed by atoms with Gasteiger partial charge >= 0.3 is 0 Å². The van der Waals surface area contributed by atoms with Crippen molar-refractivity contribution in [3.8, 4) is 0 Å². The zero-order valence-corrected chi connectivity index (χ0v) is 4.87. The van der Waals surface area contributed by atoms with E-state index in [4.69, 9.17) is 15.9 Å². The van der Waals surface area contributed by atoms with Crippen molar-refractivity contribution in [2.24, 2.45) is 5.73 Å². The van der Waals surface area contributed by atoms with Gasteiger partial charge in [-0.3, -0.25) is 4.79 Å². The number of hydrogen-bond donors (Lipinski definition) is 4. The highest BCUT2D eigenvalue weighted by atomic mass is 16.5. The van der Waals surface area contributed by atoms with E-state index in [1.807, 2.05) is 0 Å². The first-order valence-corrected chi connectivity index (χ1v) is 2.48. The van der Waals surface area contributed by atoms with Gasteiger partial charge in [0, 0.05) is 6.54 Å². The topological polar surface area (TPSA) is 95.6 Å². The van der Waals surface area contributed by atoms with Gasteiger partial charge in [0.1, 0.15) is 0 Å². The maximum Gasteiger partial charge on any atom is 0.231 e. The predicted molar refractivity (Wildman–Crippen MR) is 30.3 cm³/mol. The number of nitrogens with two attached hydrogens (primary N) is 1. The minimum absolute atomic E-state index is 0.0301. The highest BCUT2D eigenvalue weighted by Crippen LogP contribution is 1.67. The molecule has 5 heteroatoms. The number of rotatable bonds is 4. The summed E-state index contributed by atoms with van der Waals surface area (Å²) < 4.78 is 0. The van der Waals surface area contributed by atoms with Crippen molar-refractivity contribution in [2.75, 3.05) is 13.1 Å². The molecule has 0 spiro atoms. The van der Waals surface area contributed by atoms with Crippen LogP contribution in [0.4, 0.5) is 0 Å². The lowest BCUT2D eigenvalue weighted by Crippen LogP contribution is -2.33. The highest BCUT2D eigenvalue weighted by Gasteiger charge is 1.96. The van der Waals surface area contributed by atoms with E-state index in [0.717, 1.165) is 0 Å². The zero-order valence-electron chi connectivity index (χ0n) is 4.87. The van der Waals surface area contributed by atoms with Gasteiger partial charge in [-0.1, -0.05) is 0 Å². The van der Waals surface area contributed by atoms with Crippen LogP contribution in [0.25, 0.3) is 0 Å². The number of amides is 1. The van der Waals surface area contributed by atoms with E-state index in [1.165, 1.54) is 0 Å². The van der Waals surface area contributed by atoms with Gasteiger partial charge in [-0.05, 0) is 0 Å². The Morgan fingerprint density at radius 3 is 2.56 bits per heavy atom. The maximum atomic E-state index is 9.98. The predicted octanol–water partition coefficient (Wildman–Crippen LogP) is -2.63. The van der Waals surface area contributed by atoms with Crippen LogP contribution in [0, 0.1) is 0 Å². The Hall–Kier alpha value is -0.650. The van der Waals surface area contributed by atoms with Crippen molar-refractivity contribution in [3.63, 3.8) is 0 Å². The summed E-state index contributed by atoms with van der Waals surface area (Å²) in [6.45, 7) is -0.0689. The minimum atomic E-state index is -1.43. The molecule has 0 aliphatic heterocycles. The summed E-state index contributed by atoms with van der Waals surface area (Å²) in [5.74, 6) is -0.518. The number of carbonyl (C=O) groups is 1. The highest BCUT2D eigenvalue weighted by molar-refractivity contribution is 5.75. The molecule has 0 heterocycles. The van der Waals surface area contributed by atoms with Crippen LogP contribution in [0.3, 0.4) is 0 Å². The zero-order chi connectivity index (χ0) is 7.28. The average molecular weight is 134 g/mol. The summed E-state index contributed by atoms with van der Waals surface area (Å²) >= 11 is 0. The van der Waals surface area contributed by atoms with Crippen molar-refractivity contribution < 1.29 is 15.0 Å². The van der Waals surface area contributed by atoms with E-state index in [-0.39, 0.29) is 13.1 Å². The van der Waals surface area contributed by atoms with E-state index in [0.29, 0.717) is 0 Å². The van der Waals surface area contributed by atoms with Crippen LogP contribution in [-0.2, 0) is 4.79 Å². The first kappa shape index (κ1) is 8.35. The molecule has 1 amide bonds. The molecular weight excluding hydrogens is 124 g/mol. The fourth-order valence-corrected chi connectivity index (χ4v) is 0.324. The van der Waals surface area contributed by atoms with E-state index in [9.17, 15) is 4.79 Å². The molecule has 0 bridgehead atoms. The van der Waals surface area contributed by atoms with Crippen LogP contribution in [0.15, 0.2) is 0 Å². The Morgan fingerprint density at radius 2 is 2.22 bits per heavy atom. The molecular formula is C4H10N2O3. The first-order chi connectivity index (χ1) is 4.13. The van der Waals surface area contributed by atoms with Crippen molar-refractivity contribution in [2.45, 2.75) is 6.29 Å². The number of carbonyl (C=O) groups excluding carboxylic acids is 1. The van der Waals surface area contributed by atoms with E-state index < -0.39 is 12.2 Å². The second kappa shape index (κ2) is 4.25. The fraction of sp³-hybridized carbons (Fsp3) is 0.750. The van der Waals surface area contributed by atoms with Gasteiger partial charge in [-0.15, -0.1) is 0 Å². The standard InChI is InChI=1S/C4H10N2O3/c5-3(7)1-6-2-4(8)9/h4,6,8-9H,1-2H2,(H2,5,7). The Balaban J connectivity index is 3.01. The smallest absolute Gasteiger partial charge is 0.231 e. The number of aliphatic hydroxyl groups is 2. The summed E-state index contributed by atoms with van der Waals surface area (Å²) in [6.07, 6.45) is -1.43. The SMILES string of the molecule is NC(=O)CNCC(O)O. The van der Waals surface area contributed by atoms with Gasteiger partial charge in [0.05, 0.1) is 6.54 Å². The van der Waals surface area contributed by atoms with Gasteiger partial charge in [0.2, 0.25) is 5.91 Å². The molecule has 0 fully saturated rings. The summed E-state index contributed by atoms with van der Waals surface area (Å²) in [5, 5.41) is 18.8. The largest absolute Gasteiger partial charge is 0.369 e. The number of nitrogens with one attached hydrogen (secondary N) is 1. The fourth-order valence-electron chi connectivity index (χ4n) is 0.324.